The molecule has 0 saturated heterocycles. The molecule has 2 aromatic heterocycles. The van der Waals surface area contributed by atoms with Gasteiger partial charge in [0.2, 0.25) is 0 Å². The maximum atomic E-state index is 4.83. The molecule has 124 valence electrons. The average molecular weight is 320 g/mol. The van der Waals surface area contributed by atoms with Crippen molar-refractivity contribution in [3.05, 3.63) is 52.8 Å². The zero-order valence-electron chi connectivity index (χ0n) is 14.5. The molecule has 0 atom stereocenters. The Kier molecular flexibility index (Phi) is 3.97. The summed E-state index contributed by atoms with van der Waals surface area (Å²) in [6.07, 6.45) is 9.85. The number of rotatable bonds is 5. The van der Waals surface area contributed by atoms with Gasteiger partial charge in [0.25, 0.3) is 0 Å². The van der Waals surface area contributed by atoms with Crippen molar-refractivity contribution in [2.75, 3.05) is 11.9 Å². The van der Waals surface area contributed by atoms with E-state index in [2.05, 4.69) is 41.7 Å². The largest absolute Gasteiger partial charge is 0.370 e. The van der Waals surface area contributed by atoms with Gasteiger partial charge in [-0.05, 0) is 79.5 Å². The summed E-state index contributed by atoms with van der Waals surface area (Å²) in [5.41, 5.74) is 6.74. The molecule has 0 radical (unpaired) electrons. The molecule has 1 aromatic carbocycles. The molecule has 24 heavy (non-hydrogen) atoms. The highest BCUT2D eigenvalue weighted by molar-refractivity contribution is 5.85. The normalized spacial score (nSPS) is 13.4. The van der Waals surface area contributed by atoms with Gasteiger partial charge in [0, 0.05) is 25.2 Å². The van der Waals surface area contributed by atoms with Crippen LogP contribution in [0.5, 0.6) is 0 Å². The van der Waals surface area contributed by atoms with Gasteiger partial charge in [0.15, 0.2) is 0 Å². The minimum absolute atomic E-state index is 0.928. The monoisotopic (exact) mass is 320 g/mol. The Balaban J connectivity index is 1.45. The smallest absolute Gasteiger partial charge is 0.126 e. The summed E-state index contributed by atoms with van der Waals surface area (Å²) in [6, 6.07) is 6.82. The Morgan fingerprint density at radius 2 is 2.00 bits per heavy atom. The zero-order chi connectivity index (χ0) is 16.5. The van der Waals surface area contributed by atoms with Crippen LogP contribution in [0.4, 0.5) is 5.82 Å². The molecule has 4 heteroatoms. The third-order valence-corrected chi connectivity index (χ3v) is 4.94. The van der Waals surface area contributed by atoms with Crippen molar-refractivity contribution in [1.29, 1.82) is 0 Å². The summed E-state index contributed by atoms with van der Waals surface area (Å²) in [6.45, 7) is 3.12. The van der Waals surface area contributed by atoms with Crippen LogP contribution in [0.15, 0.2) is 30.6 Å². The maximum absolute atomic E-state index is 4.83. The number of aromatic nitrogens is 3. The third kappa shape index (κ3) is 3.01. The number of fused-ring (bicyclic) bond motifs is 2. The fourth-order valence-corrected chi connectivity index (χ4v) is 3.66. The molecular formula is C20H24N4. The number of anilines is 1. The van der Waals surface area contributed by atoms with Crippen LogP contribution in [0.3, 0.4) is 0 Å². The molecule has 0 saturated carbocycles. The Morgan fingerprint density at radius 1 is 1.17 bits per heavy atom. The van der Waals surface area contributed by atoms with Crippen molar-refractivity contribution in [1.82, 2.24) is 14.8 Å². The summed E-state index contributed by atoms with van der Waals surface area (Å²) < 4.78 is 1.86. The van der Waals surface area contributed by atoms with Crippen LogP contribution in [0.1, 0.15) is 35.1 Å². The van der Waals surface area contributed by atoms with Crippen LogP contribution < -0.4 is 5.32 Å². The van der Waals surface area contributed by atoms with Gasteiger partial charge in [0.1, 0.15) is 5.82 Å². The number of nitrogens with one attached hydrogen (secondary N) is 1. The van der Waals surface area contributed by atoms with Crippen LogP contribution in [0, 0.1) is 6.92 Å². The molecule has 4 nitrogen and oxygen atoms in total. The molecule has 4 rings (SSSR count). The van der Waals surface area contributed by atoms with E-state index < -0.39 is 0 Å². The molecule has 3 aromatic rings. The fraction of sp³-hybridized carbons (Fsp3) is 0.400. The Labute approximate surface area is 142 Å². The second kappa shape index (κ2) is 6.27. The molecule has 0 unspecified atom stereocenters. The predicted octanol–water partition coefficient (Wildman–Crippen LogP) is 3.81. The Morgan fingerprint density at radius 3 is 2.79 bits per heavy atom. The van der Waals surface area contributed by atoms with Crippen molar-refractivity contribution in [3.63, 3.8) is 0 Å². The lowest BCUT2D eigenvalue weighted by Gasteiger charge is -2.10. The van der Waals surface area contributed by atoms with Gasteiger partial charge in [-0.2, -0.15) is 5.10 Å². The SMILES string of the molecule is Cc1cc(NCCCc2cnn(C)c2)nc2cc3c(cc12)CCC3. The lowest BCUT2D eigenvalue weighted by Crippen LogP contribution is -2.05. The second-order valence-corrected chi connectivity index (χ2v) is 6.87. The predicted molar refractivity (Wildman–Crippen MR) is 98.5 cm³/mol. The summed E-state index contributed by atoms with van der Waals surface area (Å²) in [5.74, 6) is 0.990. The number of benzene rings is 1. The number of nitrogens with zero attached hydrogens (tertiary/aromatic N) is 3. The van der Waals surface area contributed by atoms with E-state index in [1.54, 1.807) is 0 Å². The average Bonchev–Trinajstić information content (AvgIpc) is 3.18. The van der Waals surface area contributed by atoms with Gasteiger partial charge in [-0.3, -0.25) is 4.68 Å². The molecule has 1 aliphatic rings. The van der Waals surface area contributed by atoms with E-state index in [-0.39, 0.29) is 0 Å². The van der Waals surface area contributed by atoms with Gasteiger partial charge >= 0.3 is 0 Å². The minimum atomic E-state index is 0.928. The topological polar surface area (TPSA) is 42.7 Å². The van der Waals surface area contributed by atoms with Crippen LogP contribution >= 0.6 is 0 Å². The Bertz CT molecular complexity index is 879. The van der Waals surface area contributed by atoms with Crippen LogP contribution in [-0.2, 0) is 26.3 Å². The molecular weight excluding hydrogens is 296 g/mol. The van der Waals surface area contributed by atoms with E-state index in [9.17, 15) is 0 Å². The van der Waals surface area contributed by atoms with Gasteiger partial charge < -0.3 is 5.32 Å². The van der Waals surface area contributed by atoms with Crippen LogP contribution in [0.25, 0.3) is 10.9 Å². The molecule has 0 fully saturated rings. The lowest BCUT2D eigenvalue weighted by atomic mass is 10.0. The van der Waals surface area contributed by atoms with Crippen LogP contribution in [-0.4, -0.2) is 21.3 Å². The van der Waals surface area contributed by atoms with Crippen molar-refractivity contribution in [2.45, 2.75) is 39.0 Å². The van der Waals surface area contributed by atoms with Crippen molar-refractivity contribution >= 4 is 16.7 Å². The number of hydrogen-bond acceptors (Lipinski definition) is 3. The maximum Gasteiger partial charge on any atom is 0.126 e. The second-order valence-electron chi connectivity index (χ2n) is 6.87. The van der Waals surface area contributed by atoms with E-state index in [0.29, 0.717) is 0 Å². The zero-order valence-corrected chi connectivity index (χ0v) is 14.5. The van der Waals surface area contributed by atoms with Crippen molar-refractivity contribution < 1.29 is 0 Å². The van der Waals surface area contributed by atoms with Crippen LogP contribution in [0.2, 0.25) is 0 Å². The molecule has 1 N–H and O–H groups in total. The highest BCUT2D eigenvalue weighted by Crippen LogP contribution is 2.29. The molecule has 0 bridgehead atoms. The third-order valence-electron chi connectivity index (χ3n) is 4.94. The summed E-state index contributed by atoms with van der Waals surface area (Å²) >= 11 is 0. The number of aryl methyl sites for hydroxylation is 5. The van der Waals surface area contributed by atoms with E-state index >= 15 is 0 Å². The minimum Gasteiger partial charge on any atom is -0.370 e. The highest BCUT2D eigenvalue weighted by atomic mass is 15.2. The van der Waals surface area contributed by atoms with E-state index in [1.165, 1.54) is 46.9 Å². The summed E-state index contributed by atoms with van der Waals surface area (Å²) in [5, 5.41) is 9.00. The Hall–Kier alpha value is -2.36. The first-order valence-electron chi connectivity index (χ1n) is 8.83. The first-order chi connectivity index (χ1) is 11.7. The van der Waals surface area contributed by atoms with E-state index in [4.69, 9.17) is 4.98 Å². The standard InChI is InChI=1S/C20H24N4/c1-14-9-20(21-8-4-5-15-12-22-24(2)13-15)23-19-11-17-7-3-6-16(17)10-18(14)19/h9-13H,3-8H2,1-2H3,(H,21,23). The van der Waals surface area contributed by atoms with E-state index in [1.807, 2.05) is 17.9 Å². The van der Waals surface area contributed by atoms with Gasteiger partial charge in [-0.15, -0.1) is 0 Å². The van der Waals surface area contributed by atoms with Gasteiger partial charge in [0.05, 0.1) is 11.7 Å². The summed E-state index contributed by atoms with van der Waals surface area (Å²) in [7, 11) is 1.96. The van der Waals surface area contributed by atoms with Crippen molar-refractivity contribution in [2.24, 2.45) is 7.05 Å². The van der Waals surface area contributed by atoms with Gasteiger partial charge in [-0.1, -0.05) is 0 Å². The van der Waals surface area contributed by atoms with Crippen molar-refractivity contribution in [3.8, 4) is 0 Å². The first-order valence-corrected chi connectivity index (χ1v) is 8.83. The molecule has 1 aliphatic carbocycles. The first kappa shape index (κ1) is 15.2. The lowest BCUT2D eigenvalue weighted by molar-refractivity contribution is 0.765. The summed E-state index contributed by atoms with van der Waals surface area (Å²) in [4.78, 5) is 4.83. The number of hydrogen-bond donors (Lipinski definition) is 1. The molecule has 0 aliphatic heterocycles. The molecule has 0 spiro atoms. The fourth-order valence-electron chi connectivity index (χ4n) is 3.66. The number of pyridine rings is 1. The van der Waals surface area contributed by atoms with Gasteiger partial charge in [-0.25, -0.2) is 4.98 Å². The molecule has 2 heterocycles. The molecule has 0 amide bonds. The highest BCUT2D eigenvalue weighted by Gasteiger charge is 2.13. The quantitative estimate of drug-likeness (QED) is 0.727. The van der Waals surface area contributed by atoms with E-state index in [0.717, 1.165) is 30.7 Å².